The zero-order valence-corrected chi connectivity index (χ0v) is 12.9. The van der Waals surface area contributed by atoms with Gasteiger partial charge in [-0.15, -0.1) is 24.0 Å². The van der Waals surface area contributed by atoms with Gasteiger partial charge in [0.1, 0.15) is 0 Å². The van der Waals surface area contributed by atoms with Gasteiger partial charge in [-0.1, -0.05) is 17.7 Å². The summed E-state index contributed by atoms with van der Waals surface area (Å²) in [6.07, 6.45) is 1.11. The van der Waals surface area contributed by atoms with Crippen LogP contribution in [0.4, 0.5) is 0 Å². The highest BCUT2D eigenvalue weighted by Crippen LogP contribution is 2.15. The summed E-state index contributed by atoms with van der Waals surface area (Å²) in [6, 6.07) is 5.94. The van der Waals surface area contributed by atoms with Crippen LogP contribution in [0.5, 0.6) is 0 Å². The van der Waals surface area contributed by atoms with Crippen molar-refractivity contribution in [2.75, 3.05) is 13.1 Å². The quantitative estimate of drug-likeness (QED) is 0.791. The van der Waals surface area contributed by atoms with Crippen LogP contribution in [0.25, 0.3) is 0 Å². The molecule has 0 unspecified atom stereocenters. The number of benzene rings is 1. The SMILES string of the molecule is Cc1ccc(Cl)cc1CNC1=NCCCN1.I. The van der Waals surface area contributed by atoms with Crippen LogP contribution in [0.15, 0.2) is 23.2 Å². The van der Waals surface area contributed by atoms with Crippen molar-refractivity contribution in [3.63, 3.8) is 0 Å². The molecular formula is C12H17ClIN3. The maximum absolute atomic E-state index is 5.96. The van der Waals surface area contributed by atoms with Gasteiger partial charge < -0.3 is 10.6 Å². The highest BCUT2D eigenvalue weighted by atomic mass is 127. The van der Waals surface area contributed by atoms with Crippen LogP contribution >= 0.6 is 35.6 Å². The Balaban J connectivity index is 0.00000144. The molecule has 0 radical (unpaired) electrons. The lowest BCUT2D eigenvalue weighted by molar-refractivity contribution is 0.701. The second-order valence-corrected chi connectivity index (χ2v) is 4.37. The van der Waals surface area contributed by atoms with Crippen molar-refractivity contribution < 1.29 is 0 Å². The maximum atomic E-state index is 5.96. The first-order valence-corrected chi connectivity index (χ1v) is 5.91. The molecule has 1 aromatic rings. The summed E-state index contributed by atoms with van der Waals surface area (Å²) in [5.41, 5.74) is 2.45. The number of nitrogens with one attached hydrogen (secondary N) is 2. The van der Waals surface area contributed by atoms with E-state index >= 15 is 0 Å². The van der Waals surface area contributed by atoms with Crippen LogP contribution in [-0.4, -0.2) is 19.0 Å². The van der Waals surface area contributed by atoms with E-state index in [9.17, 15) is 0 Å². The van der Waals surface area contributed by atoms with Crippen LogP contribution in [0.2, 0.25) is 5.02 Å². The van der Waals surface area contributed by atoms with E-state index in [0.29, 0.717) is 0 Å². The molecule has 3 nitrogen and oxygen atoms in total. The highest BCUT2D eigenvalue weighted by Gasteiger charge is 2.04. The predicted molar refractivity (Wildman–Crippen MR) is 83.4 cm³/mol. The Morgan fingerprint density at radius 2 is 2.29 bits per heavy atom. The van der Waals surface area contributed by atoms with E-state index < -0.39 is 0 Å². The van der Waals surface area contributed by atoms with E-state index in [0.717, 1.165) is 37.0 Å². The Kier molecular flexibility index (Phi) is 6.05. The average molecular weight is 366 g/mol. The fourth-order valence-corrected chi connectivity index (χ4v) is 1.86. The minimum atomic E-state index is 0. The summed E-state index contributed by atoms with van der Waals surface area (Å²) >= 11 is 5.96. The van der Waals surface area contributed by atoms with Crippen LogP contribution in [-0.2, 0) is 6.54 Å². The van der Waals surface area contributed by atoms with Gasteiger partial charge in [-0.3, -0.25) is 4.99 Å². The first kappa shape index (κ1) is 14.6. The molecule has 1 aliphatic heterocycles. The molecule has 5 heteroatoms. The van der Waals surface area contributed by atoms with Crippen molar-refractivity contribution in [1.29, 1.82) is 0 Å². The van der Waals surface area contributed by atoms with E-state index in [4.69, 9.17) is 11.6 Å². The molecule has 0 atom stereocenters. The summed E-state index contributed by atoms with van der Waals surface area (Å²) in [5, 5.41) is 7.29. The van der Waals surface area contributed by atoms with Crippen molar-refractivity contribution in [3.8, 4) is 0 Å². The monoisotopic (exact) mass is 365 g/mol. The van der Waals surface area contributed by atoms with Crippen LogP contribution < -0.4 is 10.6 Å². The van der Waals surface area contributed by atoms with Gasteiger partial charge in [-0.25, -0.2) is 0 Å². The largest absolute Gasteiger partial charge is 0.356 e. The third-order valence-electron chi connectivity index (χ3n) is 2.65. The summed E-state index contributed by atoms with van der Waals surface area (Å²) in [4.78, 5) is 4.36. The molecule has 2 rings (SSSR count). The summed E-state index contributed by atoms with van der Waals surface area (Å²) < 4.78 is 0. The molecule has 1 aromatic carbocycles. The van der Waals surface area contributed by atoms with Crippen molar-refractivity contribution in [2.45, 2.75) is 19.9 Å². The standard InChI is InChI=1S/C12H16ClN3.HI/c1-9-3-4-11(13)7-10(9)8-16-12-14-5-2-6-15-12;/h3-4,7H,2,5-6,8H2,1H3,(H2,14,15,16);1H. The molecule has 0 bridgehead atoms. The topological polar surface area (TPSA) is 36.4 Å². The van der Waals surface area contributed by atoms with E-state index in [1.165, 1.54) is 11.1 Å². The summed E-state index contributed by atoms with van der Waals surface area (Å²) in [7, 11) is 0. The Bertz CT molecular complexity index is 407. The van der Waals surface area contributed by atoms with Gasteiger partial charge in [0.2, 0.25) is 0 Å². The molecule has 94 valence electrons. The number of nitrogens with zero attached hydrogens (tertiary/aromatic N) is 1. The van der Waals surface area contributed by atoms with Gasteiger partial charge in [0, 0.05) is 24.7 Å². The van der Waals surface area contributed by atoms with Gasteiger partial charge in [0.25, 0.3) is 0 Å². The third kappa shape index (κ3) is 4.35. The lowest BCUT2D eigenvalue weighted by Crippen LogP contribution is -2.40. The number of guanidine groups is 1. The molecule has 1 heterocycles. The Hall–Kier alpha value is -0.490. The first-order valence-electron chi connectivity index (χ1n) is 5.53. The Labute approximate surface area is 124 Å². The van der Waals surface area contributed by atoms with Crippen molar-refractivity contribution in [2.24, 2.45) is 4.99 Å². The molecule has 2 N–H and O–H groups in total. The molecule has 0 fully saturated rings. The lowest BCUT2D eigenvalue weighted by atomic mass is 10.1. The van der Waals surface area contributed by atoms with Crippen molar-refractivity contribution >= 4 is 41.5 Å². The average Bonchev–Trinajstić information content (AvgIpc) is 2.32. The molecular weight excluding hydrogens is 349 g/mol. The van der Waals surface area contributed by atoms with Crippen LogP contribution in [0, 0.1) is 6.92 Å². The Morgan fingerprint density at radius 3 is 3.00 bits per heavy atom. The fourth-order valence-electron chi connectivity index (χ4n) is 1.66. The molecule has 17 heavy (non-hydrogen) atoms. The minimum absolute atomic E-state index is 0. The van der Waals surface area contributed by atoms with Crippen LogP contribution in [0.1, 0.15) is 17.5 Å². The lowest BCUT2D eigenvalue weighted by Gasteiger charge is -2.16. The van der Waals surface area contributed by atoms with Gasteiger partial charge in [0.05, 0.1) is 0 Å². The van der Waals surface area contributed by atoms with Crippen LogP contribution in [0.3, 0.4) is 0 Å². The van der Waals surface area contributed by atoms with Gasteiger partial charge in [0.15, 0.2) is 5.96 Å². The second kappa shape index (κ2) is 7.06. The van der Waals surface area contributed by atoms with Gasteiger partial charge >= 0.3 is 0 Å². The highest BCUT2D eigenvalue weighted by molar-refractivity contribution is 14.0. The molecule has 0 saturated carbocycles. The minimum Gasteiger partial charge on any atom is -0.356 e. The van der Waals surface area contributed by atoms with E-state index in [-0.39, 0.29) is 24.0 Å². The Morgan fingerprint density at radius 1 is 1.47 bits per heavy atom. The summed E-state index contributed by atoms with van der Waals surface area (Å²) in [6.45, 7) is 4.76. The number of hydrogen-bond acceptors (Lipinski definition) is 3. The number of aliphatic imine (C=N–C) groups is 1. The van der Waals surface area contributed by atoms with Gasteiger partial charge in [-0.2, -0.15) is 0 Å². The molecule has 0 spiro atoms. The third-order valence-corrected chi connectivity index (χ3v) is 2.89. The van der Waals surface area contributed by atoms with Crippen molar-refractivity contribution in [1.82, 2.24) is 10.6 Å². The zero-order chi connectivity index (χ0) is 11.4. The maximum Gasteiger partial charge on any atom is 0.191 e. The van der Waals surface area contributed by atoms with Crippen molar-refractivity contribution in [3.05, 3.63) is 34.3 Å². The molecule has 1 aliphatic rings. The van der Waals surface area contributed by atoms with E-state index in [2.05, 4.69) is 22.5 Å². The predicted octanol–water partition coefficient (Wildman–Crippen LogP) is 2.71. The molecule has 0 saturated heterocycles. The smallest absolute Gasteiger partial charge is 0.191 e. The molecule has 0 amide bonds. The van der Waals surface area contributed by atoms with E-state index in [1.54, 1.807) is 0 Å². The molecule has 0 aromatic heterocycles. The normalized spacial score (nSPS) is 14.4. The first-order chi connectivity index (χ1) is 7.75. The zero-order valence-electron chi connectivity index (χ0n) is 9.79. The number of halogens is 2. The number of hydrogen-bond donors (Lipinski definition) is 2. The second-order valence-electron chi connectivity index (χ2n) is 3.94. The van der Waals surface area contributed by atoms with Gasteiger partial charge in [-0.05, 0) is 36.6 Å². The molecule has 0 aliphatic carbocycles. The summed E-state index contributed by atoms with van der Waals surface area (Å²) in [5.74, 6) is 0.894. The number of aryl methyl sites for hydroxylation is 1. The fraction of sp³-hybridized carbons (Fsp3) is 0.417. The van der Waals surface area contributed by atoms with E-state index in [1.807, 2.05) is 18.2 Å². The number of rotatable bonds is 2.